The van der Waals surface area contributed by atoms with Crippen LogP contribution in [0.25, 0.3) is 11.1 Å². The number of aromatic nitrogens is 3. The van der Waals surface area contributed by atoms with E-state index >= 15 is 0 Å². The number of benzene rings is 1. The minimum absolute atomic E-state index is 0.0334. The van der Waals surface area contributed by atoms with Crippen LogP contribution in [0.4, 0.5) is 21.6 Å². The van der Waals surface area contributed by atoms with Gasteiger partial charge in [-0.3, -0.25) is 9.59 Å². The van der Waals surface area contributed by atoms with Crippen LogP contribution in [-0.2, 0) is 26.4 Å². The number of nitrogens with zero attached hydrogens (tertiary/aromatic N) is 4. The number of hydrogen-bond acceptors (Lipinski definition) is 4. The van der Waals surface area contributed by atoms with Gasteiger partial charge in [0.05, 0.1) is 6.20 Å². The Kier molecular flexibility index (Phi) is 5.67. The molecule has 0 saturated carbocycles. The summed E-state index contributed by atoms with van der Waals surface area (Å²) in [5.74, 6) is -0.0313. The molecule has 2 aliphatic rings. The summed E-state index contributed by atoms with van der Waals surface area (Å²) in [5.41, 5.74) is 7.14. The van der Waals surface area contributed by atoms with Crippen LogP contribution in [0.2, 0.25) is 0 Å². The number of carbonyl (C=O) groups excluding carboxylic acids is 1. The summed E-state index contributed by atoms with van der Waals surface area (Å²) in [6.07, 6.45) is 7.36. The van der Waals surface area contributed by atoms with Gasteiger partial charge >= 0.3 is 0 Å². The summed E-state index contributed by atoms with van der Waals surface area (Å²) in [6.45, 7) is 3.42. The van der Waals surface area contributed by atoms with E-state index < -0.39 is 5.82 Å². The maximum atomic E-state index is 13.6. The third-order valence-corrected chi connectivity index (χ3v) is 7.50. The van der Waals surface area contributed by atoms with Crippen molar-refractivity contribution in [2.75, 3.05) is 16.8 Å². The van der Waals surface area contributed by atoms with E-state index in [1.165, 1.54) is 40.8 Å². The fraction of sp³-hybridized carbons (Fsp3) is 0.276. The molecule has 4 aromatic rings. The second-order valence-corrected chi connectivity index (χ2v) is 9.81. The van der Waals surface area contributed by atoms with E-state index in [1.807, 2.05) is 30.0 Å². The van der Waals surface area contributed by atoms with Crippen molar-refractivity contribution in [3.05, 3.63) is 93.5 Å². The van der Waals surface area contributed by atoms with E-state index in [9.17, 15) is 14.0 Å². The number of nitrogens with one attached hydrogen (secondary N) is 1. The zero-order valence-electron chi connectivity index (χ0n) is 20.9. The van der Waals surface area contributed by atoms with Gasteiger partial charge in [0.25, 0.3) is 11.5 Å². The first-order valence-electron chi connectivity index (χ1n) is 12.6. The SMILES string of the molecule is Cc1c(-c2cc(Nc3ccc(F)cn3)c(=O)n(C)c2)cccc1N1CCn2c(cc3c2CCCC3)C1=O. The normalized spacial score (nSPS) is 14.9. The lowest BCUT2D eigenvalue weighted by Crippen LogP contribution is -2.41. The third kappa shape index (κ3) is 4.02. The number of halogens is 1. The predicted molar refractivity (Wildman–Crippen MR) is 142 cm³/mol. The molecule has 3 aromatic heterocycles. The van der Waals surface area contributed by atoms with Gasteiger partial charge in [0.15, 0.2) is 0 Å². The fourth-order valence-corrected chi connectivity index (χ4v) is 5.63. The molecule has 1 aliphatic carbocycles. The monoisotopic (exact) mass is 497 g/mol. The molecule has 7 nitrogen and oxygen atoms in total. The summed E-state index contributed by atoms with van der Waals surface area (Å²) in [5, 5.41) is 3.01. The Labute approximate surface area is 214 Å². The molecule has 188 valence electrons. The number of anilines is 3. The van der Waals surface area contributed by atoms with E-state index in [0.29, 0.717) is 18.1 Å². The first kappa shape index (κ1) is 23.2. The van der Waals surface area contributed by atoms with Crippen LogP contribution in [0.3, 0.4) is 0 Å². The van der Waals surface area contributed by atoms with Gasteiger partial charge in [-0.05, 0) is 79.6 Å². The van der Waals surface area contributed by atoms with Gasteiger partial charge in [-0.2, -0.15) is 0 Å². The average Bonchev–Trinajstić information content (AvgIpc) is 3.28. The Balaban J connectivity index is 1.36. The van der Waals surface area contributed by atoms with Crippen molar-refractivity contribution in [3.63, 3.8) is 0 Å². The van der Waals surface area contributed by atoms with Crippen molar-refractivity contribution in [2.45, 2.75) is 39.2 Å². The molecular formula is C29H28FN5O2. The Bertz CT molecular complexity index is 1590. The number of hydrogen-bond donors (Lipinski definition) is 1. The first-order valence-corrected chi connectivity index (χ1v) is 12.6. The second-order valence-electron chi connectivity index (χ2n) is 9.81. The zero-order valence-corrected chi connectivity index (χ0v) is 20.9. The molecule has 1 N–H and O–H groups in total. The van der Waals surface area contributed by atoms with Crippen LogP contribution in [0.1, 0.15) is 40.2 Å². The smallest absolute Gasteiger partial charge is 0.274 e. The Morgan fingerprint density at radius 3 is 2.68 bits per heavy atom. The highest BCUT2D eigenvalue weighted by atomic mass is 19.1. The minimum atomic E-state index is -0.445. The van der Waals surface area contributed by atoms with Crippen molar-refractivity contribution >= 4 is 23.1 Å². The zero-order chi connectivity index (χ0) is 25.7. The number of carbonyl (C=O) groups is 1. The summed E-state index contributed by atoms with van der Waals surface area (Å²) >= 11 is 0. The van der Waals surface area contributed by atoms with Crippen molar-refractivity contribution in [3.8, 4) is 11.1 Å². The minimum Gasteiger partial charge on any atom is -0.339 e. The van der Waals surface area contributed by atoms with Gasteiger partial charge in [-0.25, -0.2) is 9.37 Å². The summed E-state index contributed by atoms with van der Waals surface area (Å²) in [6, 6.07) is 12.6. The van der Waals surface area contributed by atoms with Gasteiger partial charge in [-0.15, -0.1) is 0 Å². The van der Waals surface area contributed by atoms with Crippen molar-refractivity contribution in [2.24, 2.45) is 7.05 Å². The van der Waals surface area contributed by atoms with E-state index in [1.54, 1.807) is 19.3 Å². The van der Waals surface area contributed by atoms with Crippen molar-refractivity contribution < 1.29 is 9.18 Å². The van der Waals surface area contributed by atoms with Crippen LogP contribution >= 0.6 is 0 Å². The molecule has 0 bridgehead atoms. The molecule has 37 heavy (non-hydrogen) atoms. The van der Waals surface area contributed by atoms with Crippen molar-refractivity contribution in [1.82, 2.24) is 14.1 Å². The van der Waals surface area contributed by atoms with E-state index in [2.05, 4.69) is 20.9 Å². The lowest BCUT2D eigenvalue weighted by atomic mass is 9.98. The molecule has 0 unspecified atom stereocenters. The van der Waals surface area contributed by atoms with E-state index in [0.717, 1.165) is 53.7 Å². The maximum absolute atomic E-state index is 13.6. The average molecular weight is 498 g/mol. The van der Waals surface area contributed by atoms with Crippen LogP contribution in [0, 0.1) is 12.7 Å². The van der Waals surface area contributed by atoms with Gasteiger partial charge in [0.1, 0.15) is 23.0 Å². The van der Waals surface area contributed by atoms with E-state index in [4.69, 9.17) is 0 Å². The largest absolute Gasteiger partial charge is 0.339 e. The third-order valence-electron chi connectivity index (χ3n) is 7.50. The van der Waals surface area contributed by atoms with Crippen LogP contribution < -0.4 is 15.8 Å². The standard InChI is InChI=1S/C29H28FN5O2/c1-18-22(20-14-23(28(36)33(2)17-20)32-27-11-10-21(30)16-31-27)7-5-9-24(18)35-13-12-34-25-8-4-3-6-19(25)15-26(34)29(35)37/h5,7,9-11,14-17H,3-4,6,8,12-13H2,1-2H3,(H,31,32). The van der Waals surface area contributed by atoms with Gasteiger partial charge < -0.3 is 19.4 Å². The summed E-state index contributed by atoms with van der Waals surface area (Å²) < 4.78 is 17.0. The number of amides is 1. The number of aryl methyl sites for hydroxylation is 2. The van der Waals surface area contributed by atoms with E-state index in [-0.39, 0.29) is 11.5 Å². The highest BCUT2D eigenvalue weighted by Gasteiger charge is 2.31. The van der Waals surface area contributed by atoms with Crippen LogP contribution in [0.15, 0.2) is 59.7 Å². The van der Waals surface area contributed by atoms with Gasteiger partial charge in [0.2, 0.25) is 0 Å². The number of pyridine rings is 2. The number of fused-ring (bicyclic) bond motifs is 3. The number of rotatable bonds is 4. The molecule has 0 atom stereocenters. The fourth-order valence-electron chi connectivity index (χ4n) is 5.63. The lowest BCUT2D eigenvalue weighted by molar-refractivity contribution is 0.0964. The highest BCUT2D eigenvalue weighted by Crippen LogP contribution is 2.35. The second kappa shape index (κ2) is 9.03. The molecule has 0 spiro atoms. The highest BCUT2D eigenvalue weighted by molar-refractivity contribution is 6.07. The topological polar surface area (TPSA) is 72.2 Å². The predicted octanol–water partition coefficient (Wildman–Crippen LogP) is 4.98. The Morgan fingerprint density at radius 1 is 1.03 bits per heavy atom. The Morgan fingerprint density at radius 2 is 1.86 bits per heavy atom. The van der Waals surface area contributed by atoms with Gasteiger partial charge in [-0.1, -0.05) is 12.1 Å². The first-order chi connectivity index (χ1) is 17.9. The molecule has 8 heteroatoms. The molecule has 1 aromatic carbocycles. The van der Waals surface area contributed by atoms with Crippen LogP contribution in [0.5, 0.6) is 0 Å². The van der Waals surface area contributed by atoms with Crippen molar-refractivity contribution in [1.29, 1.82) is 0 Å². The molecule has 6 rings (SSSR count). The Hall–Kier alpha value is -4.20. The van der Waals surface area contributed by atoms with Gasteiger partial charge in [0, 0.05) is 43.3 Å². The maximum Gasteiger partial charge on any atom is 0.274 e. The molecule has 0 saturated heterocycles. The molecule has 0 fully saturated rings. The quantitative estimate of drug-likeness (QED) is 0.432. The molecular weight excluding hydrogens is 469 g/mol. The molecule has 0 radical (unpaired) electrons. The summed E-state index contributed by atoms with van der Waals surface area (Å²) in [7, 11) is 1.69. The molecule has 1 amide bonds. The van der Waals surface area contributed by atoms with Crippen LogP contribution in [-0.4, -0.2) is 26.6 Å². The lowest BCUT2D eigenvalue weighted by Gasteiger charge is -2.31. The molecule has 4 heterocycles. The molecule has 1 aliphatic heterocycles. The summed E-state index contributed by atoms with van der Waals surface area (Å²) in [4.78, 5) is 32.3.